The van der Waals surface area contributed by atoms with Gasteiger partial charge in [-0.1, -0.05) is 0 Å². The highest BCUT2D eigenvalue weighted by atomic mass is 16.5. The highest BCUT2D eigenvalue weighted by molar-refractivity contribution is 5.46. The van der Waals surface area contributed by atoms with Gasteiger partial charge in [-0.05, 0) is 45.4 Å². The smallest absolute Gasteiger partial charge is 0.227 e. The lowest BCUT2D eigenvalue weighted by Crippen LogP contribution is -2.44. The third-order valence-corrected chi connectivity index (χ3v) is 6.28. The fraction of sp³-hybridized carbons (Fsp3) is 0.800. The van der Waals surface area contributed by atoms with Crippen LogP contribution in [0.1, 0.15) is 44.2 Å². The Morgan fingerprint density at radius 2 is 1.69 bits per heavy atom. The molecular formula is C20H33N5O. The zero-order valence-electron chi connectivity index (χ0n) is 16.4. The van der Waals surface area contributed by atoms with Gasteiger partial charge < -0.3 is 14.5 Å². The molecule has 4 heterocycles. The summed E-state index contributed by atoms with van der Waals surface area (Å²) in [6, 6.07) is 2.86. The number of nitrogens with zero attached hydrogens (tertiary/aromatic N) is 5. The van der Waals surface area contributed by atoms with E-state index in [-0.39, 0.29) is 0 Å². The largest absolute Gasteiger partial charge is 0.380 e. The fourth-order valence-electron chi connectivity index (χ4n) is 4.67. The number of piperidine rings is 2. The molecular weight excluding hydrogens is 326 g/mol. The van der Waals surface area contributed by atoms with Gasteiger partial charge in [0.1, 0.15) is 5.82 Å². The summed E-state index contributed by atoms with van der Waals surface area (Å²) in [6.07, 6.45) is 7.91. The Bertz CT molecular complexity index is 596. The standard InChI is InChI=1S/C20H33N5O/c1-16-14-19(22-20(21-16)24-9-4-3-5-10-24)23-11-6-17(7-12-23)25-13-8-18(15-25)26-2/h14,17-18H,3-13,15H2,1-2H3. The maximum atomic E-state index is 5.53. The number of anilines is 2. The number of hydrogen-bond donors (Lipinski definition) is 0. The Hall–Kier alpha value is -1.40. The summed E-state index contributed by atoms with van der Waals surface area (Å²) >= 11 is 0. The van der Waals surface area contributed by atoms with Crippen LogP contribution in [0.4, 0.5) is 11.8 Å². The summed E-state index contributed by atoms with van der Waals surface area (Å²) in [5.74, 6) is 2.05. The van der Waals surface area contributed by atoms with E-state index in [1.807, 2.05) is 7.11 Å². The molecule has 0 aliphatic carbocycles. The van der Waals surface area contributed by atoms with Crippen molar-refractivity contribution in [2.24, 2.45) is 0 Å². The molecule has 0 bridgehead atoms. The minimum Gasteiger partial charge on any atom is -0.380 e. The second-order valence-corrected chi connectivity index (χ2v) is 8.07. The summed E-state index contributed by atoms with van der Waals surface area (Å²) in [6.45, 7) is 8.77. The molecule has 144 valence electrons. The van der Waals surface area contributed by atoms with Crippen molar-refractivity contribution in [3.05, 3.63) is 11.8 Å². The predicted octanol–water partition coefficient (Wildman–Crippen LogP) is 2.46. The maximum absolute atomic E-state index is 5.53. The number of hydrogen-bond acceptors (Lipinski definition) is 6. The average molecular weight is 360 g/mol. The lowest BCUT2D eigenvalue weighted by molar-refractivity contribution is 0.0974. The van der Waals surface area contributed by atoms with Gasteiger partial charge in [-0.2, -0.15) is 4.98 Å². The van der Waals surface area contributed by atoms with Gasteiger partial charge in [0.2, 0.25) is 5.95 Å². The molecule has 6 heteroatoms. The van der Waals surface area contributed by atoms with Crippen LogP contribution in [0.25, 0.3) is 0 Å². The van der Waals surface area contributed by atoms with Gasteiger partial charge in [-0.25, -0.2) is 4.98 Å². The van der Waals surface area contributed by atoms with Crippen molar-refractivity contribution in [1.29, 1.82) is 0 Å². The van der Waals surface area contributed by atoms with Crippen LogP contribution in [-0.2, 0) is 4.74 Å². The van der Waals surface area contributed by atoms with Crippen molar-refractivity contribution in [3.63, 3.8) is 0 Å². The Kier molecular flexibility index (Phi) is 5.60. The minimum atomic E-state index is 0.435. The number of methoxy groups -OCH3 is 1. The number of aromatic nitrogens is 2. The zero-order chi connectivity index (χ0) is 17.9. The van der Waals surface area contributed by atoms with E-state index in [1.54, 1.807) is 0 Å². The van der Waals surface area contributed by atoms with Crippen LogP contribution in [0.15, 0.2) is 6.07 Å². The molecule has 3 fully saturated rings. The molecule has 0 spiro atoms. The lowest BCUT2D eigenvalue weighted by Gasteiger charge is -2.37. The Morgan fingerprint density at radius 3 is 2.38 bits per heavy atom. The first kappa shape index (κ1) is 18.0. The molecule has 0 radical (unpaired) electrons. The Balaban J connectivity index is 1.39. The molecule has 1 unspecified atom stereocenters. The van der Waals surface area contributed by atoms with Crippen molar-refractivity contribution in [2.75, 3.05) is 56.2 Å². The van der Waals surface area contributed by atoms with E-state index in [0.29, 0.717) is 12.1 Å². The zero-order valence-corrected chi connectivity index (χ0v) is 16.4. The third-order valence-electron chi connectivity index (χ3n) is 6.28. The van der Waals surface area contributed by atoms with E-state index in [1.165, 1.54) is 45.1 Å². The Morgan fingerprint density at radius 1 is 0.923 bits per heavy atom. The highest BCUT2D eigenvalue weighted by Gasteiger charge is 2.31. The summed E-state index contributed by atoms with van der Waals surface area (Å²) in [5.41, 5.74) is 1.08. The van der Waals surface area contributed by atoms with Crippen LogP contribution in [0.3, 0.4) is 0 Å². The first-order valence-corrected chi connectivity index (χ1v) is 10.4. The lowest BCUT2D eigenvalue weighted by atomic mass is 10.0. The third kappa shape index (κ3) is 3.96. The molecule has 1 aromatic rings. The van der Waals surface area contributed by atoms with Crippen LogP contribution in [0.2, 0.25) is 0 Å². The average Bonchev–Trinajstić information content (AvgIpc) is 3.18. The van der Waals surface area contributed by atoms with Crippen LogP contribution >= 0.6 is 0 Å². The molecule has 0 saturated carbocycles. The topological polar surface area (TPSA) is 44.7 Å². The van der Waals surface area contributed by atoms with Crippen LogP contribution in [-0.4, -0.2) is 73.4 Å². The van der Waals surface area contributed by atoms with Gasteiger partial charge in [-0.3, -0.25) is 4.90 Å². The van der Waals surface area contributed by atoms with E-state index < -0.39 is 0 Å². The molecule has 6 nitrogen and oxygen atoms in total. The van der Waals surface area contributed by atoms with E-state index >= 15 is 0 Å². The summed E-state index contributed by atoms with van der Waals surface area (Å²) in [7, 11) is 1.84. The van der Waals surface area contributed by atoms with E-state index in [0.717, 1.165) is 50.2 Å². The quantitative estimate of drug-likeness (QED) is 0.823. The van der Waals surface area contributed by atoms with Crippen LogP contribution in [0, 0.1) is 6.92 Å². The first-order chi connectivity index (χ1) is 12.7. The molecule has 0 amide bonds. The monoisotopic (exact) mass is 359 g/mol. The van der Waals surface area contributed by atoms with Crippen molar-refractivity contribution < 1.29 is 4.74 Å². The molecule has 4 rings (SSSR count). The Labute approximate surface area is 157 Å². The molecule has 3 aliphatic rings. The van der Waals surface area contributed by atoms with Crippen molar-refractivity contribution in [1.82, 2.24) is 14.9 Å². The van der Waals surface area contributed by atoms with Gasteiger partial charge in [0, 0.05) is 64.2 Å². The molecule has 1 aromatic heterocycles. The van der Waals surface area contributed by atoms with E-state index in [9.17, 15) is 0 Å². The molecule has 26 heavy (non-hydrogen) atoms. The minimum absolute atomic E-state index is 0.435. The van der Waals surface area contributed by atoms with E-state index in [4.69, 9.17) is 14.7 Å². The fourth-order valence-corrected chi connectivity index (χ4v) is 4.67. The van der Waals surface area contributed by atoms with Crippen molar-refractivity contribution in [2.45, 2.75) is 57.6 Å². The van der Waals surface area contributed by atoms with Gasteiger partial charge in [-0.15, -0.1) is 0 Å². The van der Waals surface area contributed by atoms with Crippen molar-refractivity contribution >= 4 is 11.8 Å². The number of aryl methyl sites for hydroxylation is 1. The van der Waals surface area contributed by atoms with Crippen LogP contribution < -0.4 is 9.80 Å². The highest BCUT2D eigenvalue weighted by Crippen LogP contribution is 2.26. The molecule has 0 aromatic carbocycles. The second kappa shape index (κ2) is 8.09. The van der Waals surface area contributed by atoms with Gasteiger partial charge >= 0.3 is 0 Å². The van der Waals surface area contributed by atoms with Gasteiger partial charge in [0.15, 0.2) is 0 Å². The van der Waals surface area contributed by atoms with Gasteiger partial charge in [0.25, 0.3) is 0 Å². The molecule has 3 saturated heterocycles. The maximum Gasteiger partial charge on any atom is 0.227 e. The van der Waals surface area contributed by atoms with Crippen LogP contribution in [0.5, 0.6) is 0 Å². The number of ether oxygens (including phenoxy) is 1. The summed E-state index contributed by atoms with van der Waals surface area (Å²) in [4.78, 5) is 17.1. The van der Waals surface area contributed by atoms with Crippen molar-refractivity contribution in [3.8, 4) is 0 Å². The molecule has 1 atom stereocenters. The molecule has 0 N–H and O–H groups in total. The molecule has 3 aliphatic heterocycles. The first-order valence-electron chi connectivity index (χ1n) is 10.4. The van der Waals surface area contributed by atoms with Gasteiger partial charge in [0.05, 0.1) is 6.10 Å². The summed E-state index contributed by atoms with van der Waals surface area (Å²) in [5, 5.41) is 0. The second-order valence-electron chi connectivity index (χ2n) is 8.07. The SMILES string of the molecule is COC1CCN(C2CCN(c3cc(C)nc(N4CCCCC4)n3)CC2)C1. The number of rotatable bonds is 4. The predicted molar refractivity (Wildman–Crippen MR) is 105 cm³/mol. The number of likely N-dealkylation sites (tertiary alicyclic amines) is 1. The summed E-state index contributed by atoms with van der Waals surface area (Å²) < 4.78 is 5.53. The normalized spacial score (nSPS) is 25.8. The van der Waals surface area contributed by atoms with E-state index in [2.05, 4.69) is 27.7 Å².